The van der Waals surface area contributed by atoms with Gasteiger partial charge in [0.15, 0.2) is 5.82 Å². The Labute approximate surface area is 135 Å². The monoisotopic (exact) mass is 311 g/mol. The molecule has 0 aliphatic carbocycles. The largest absolute Gasteiger partial charge is 0.336 e. The lowest BCUT2D eigenvalue weighted by atomic mass is 9.99. The number of amides is 1. The van der Waals surface area contributed by atoms with Crippen molar-refractivity contribution in [2.75, 3.05) is 26.2 Å². The zero-order chi connectivity index (χ0) is 15.6. The minimum Gasteiger partial charge on any atom is -0.336 e. The first-order valence-electron chi connectivity index (χ1n) is 8.31. The number of hydrogen-bond acceptors (Lipinski definition) is 4. The Morgan fingerprint density at radius 2 is 2.09 bits per heavy atom. The van der Waals surface area contributed by atoms with Gasteiger partial charge >= 0.3 is 0 Å². The van der Waals surface area contributed by atoms with E-state index in [1.165, 1.54) is 25.8 Å². The van der Waals surface area contributed by atoms with Crippen LogP contribution in [0.1, 0.15) is 29.6 Å². The van der Waals surface area contributed by atoms with Gasteiger partial charge in [-0.2, -0.15) is 5.10 Å². The van der Waals surface area contributed by atoms with Crippen molar-refractivity contribution in [3.8, 4) is 5.82 Å². The van der Waals surface area contributed by atoms with E-state index in [9.17, 15) is 4.79 Å². The summed E-state index contributed by atoms with van der Waals surface area (Å²) in [6.07, 6.45) is 8.97. The van der Waals surface area contributed by atoms with Gasteiger partial charge in [0.25, 0.3) is 5.91 Å². The van der Waals surface area contributed by atoms with Gasteiger partial charge in [0.2, 0.25) is 0 Å². The Hall–Kier alpha value is -2.21. The van der Waals surface area contributed by atoms with Crippen LogP contribution in [-0.4, -0.2) is 62.7 Å². The van der Waals surface area contributed by atoms with Gasteiger partial charge < -0.3 is 4.90 Å². The molecule has 6 heteroatoms. The second kappa shape index (κ2) is 6.12. The minimum atomic E-state index is 0.0637. The van der Waals surface area contributed by atoms with Crippen LogP contribution in [0.25, 0.3) is 5.82 Å². The highest BCUT2D eigenvalue weighted by Gasteiger charge is 2.32. The number of piperazine rings is 1. The molecule has 2 aromatic heterocycles. The molecule has 2 saturated heterocycles. The molecule has 2 fully saturated rings. The molecule has 1 atom stereocenters. The van der Waals surface area contributed by atoms with Crippen LogP contribution in [0.2, 0.25) is 0 Å². The number of nitrogens with zero attached hydrogens (tertiary/aromatic N) is 5. The predicted molar refractivity (Wildman–Crippen MR) is 86.5 cm³/mol. The maximum Gasteiger partial charge on any atom is 0.257 e. The third-order valence-corrected chi connectivity index (χ3v) is 4.86. The van der Waals surface area contributed by atoms with E-state index in [1.807, 2.05) is 29.3 Å². The van der Waals surface area contributed by atoms with Gasteiger partial charge in [-0.25, -0.2) is 9.67 Å². The van der Waals surface area contributed by atoms with Gasteiger partial charge in [0.1, 0.15) is 0 Å². The first-order valence-corrected chi connectivity index (χ1v) is 8.31. The third-order valence-electron chi connectivity index (χ3n) is 4.86. The van der Waals surface area contributed by atoms with Crippen molar-refractivity contribution in [1.29, 1.82) is 0 Å². The molecule has 4 heterocycles. The van der Waals surface area contributed by atoms with Crippen molar-refractivity contribution in [3.63, 3.8) is 0 Å². The Kier molecular flexibility index (Phi) is 3.83. The number of piperidine rings is 1. The molecule has 0 aromatic carbocycles. The van der Waals surface area contributed by atoms with Gasteiger partial charge in [0, 0.05) is 44.3 Å². The minimum absolute atomic E-state index is 0.0637. The van der Waals surface area contributed by atoms with Gasteiger partial charge in [-0.1, -0.05) is 6.42 Å². The van der Waals surface area contributed by atoms with Crippen LogP contribution >= 0.6 is 0 Å². The molecule has 0 saturated carbocycles. The fourth-order valence-corrected chi connectivity index (χ4v) is 3.65. The number of carbonyl (C=O) groups excluding carboxylic acids is 1. The van der Waals surface area contributed by atoms with Crippen molar-refractivity contribution in [3.05, 3.63) is 42.4 Å². The molecule has 1 amide bonds. The number of pyridine rings is 1. The highest BCUT2D eigenvalue weighted by molar-refractivity contribution is 5.97. The van der Waals surface area contributed by atoms with E-state index in [-0.39, 0.29) is 5.91 Å². The highest BCUT2D eigenvalue weighted by atomic mass is 16.2. The lowest BCUT2D eigenvalue weighted by Crippen LogP contribution is -2.56. The average Bonchev–Trinajstić information content (AvgIpc) is 3.15. The molecule has 0 radical (unpaired) electrons. The molecular weight excluding hydrogens is 290 g/mol. The van der Waals surface area contributed by atoms with Crippen LogP contribution in [0.5, 0.6) is 0 Å². The van der Waals surface area contributed by atoms with Crippen LogP contribution in [0, 0.1) is 0 Å². The summed E-state index contributed by atoms with van der Waals surface area (Å²) < 4.78 is 1.66. The molecule has 2 aliphatic heterocycles. The molecule has 6 nitrogen and oxygen atoms in total. The van der Waals surface area contributed by atoms with Crippen molar-refractivity contribution >= 4 is 5.91 Å². The third kappa shape index (κ3) is 2.74. The molecular formula is C17H21N5O. The molecule has 0 unspecified atom stereocenters. The van der Waals surface area contributed by atoms with E-state index in [1.54, 1.807) is 17.1 Å². The SMILES string of the molecule is O=C(c1cccnc1-n1cccn1)N1CCN2CCCC[C@H]2C1. The summed E-state index contributed by atoms with van der Waals surface area (Å²) in [5.74, 6) is 0.669. The number of rotatable bonds is 2. The Balaban J connectivity index is 1.58. The molecule has 0 N–H and O–H groups in total. The first kappa shape index (κ1) is 14.4. The molecule has 4 rings (SSSR count). The van der Waals surface area contributed by atoms with E-state index in [0.29, 0.717) is 17.4 Å². The van der Waals surface area contributed by atoms with E-state index in [2.05, 4.69) is 15.0 Å². The summed E-state index contributed by atoms with van der Waals surface area (Å²) in [7, 11) is 0. The van der Waals surface area contributed by atoms with E-state index < -0.39 is 0 Å². The summed E-state index contributed by atoms with van der Waals surface area (Å²) in [6, 6.07) is 6.02. The zero-order valence-corrected chi connectivity index (χ0v) is 13.1. The predicted octanol–water partition coefficient (Wildman–Crippen LogP) is 1.58. The van der Waals surface area contributed by atoms with Crippen LogP contribution in [0.15, 0.2) is 36.8 Å². The number of aromatic nitrogens is 3. The highest BCUT2D eigenvalue weighted by Crippen LogP contribution is 2.23. The summed E-state index contributed by atoms with van der Waals surface area (Å²) in [4.78, 5) is 21.9. The maximum atomic E-state index is 13.0. The molecule has 2 aromatic rings. The Bertz CT molecular complexity index is 684. The van der Waals surface area contributed by atoms with Crippen LogP contribution in [0.3, 0.4) is 0 Å². The average molecular weight is 311 g/mol. The van der Waals surface area contributed by atoms with Gasteiger partial charge in [-0.05, 0) is 37.6 Å². The maximum absolute atomic E-state index is 13.0. The molecule has 23 heavy (non-hydrogen) atoms. The summed E-state index contributed by atoms with van der Waals surface area (Å²) >= 11 is 0. The Morgan fingerprint density at radius 3 is 2.96 bits per heavy atom. The lowest BCUT2D eigenvalue weighted by Gasteiger charge is -2.44. The topological polar surface area (TPSA) is 54.3 Å². The quantitative estimate of drug-likeness (QED) is 0.845. The van der Waals surface area contributed by atoms with E-state index in [0.717, 1.165) is 19.6 Å². The molecule has 2 aliphatic rings. The normalized spacial score (nSPS) is 21.9. The van der Waals surface area contributed by atoms with Crippen molar-refractivity contribution in [1.82, 2.24) is 24.6 Å². The van der Waals surface area contributed by atoms with Crippen molar-refractivity contribution in [2.45, 2.75) is 25.3 Å². The van der Waals surface area contributed by atoms with Gasteiger partial charge in [-0.3, -0.25) is 9.69 Å². The smallest absolute Gasteiger partial charge is 0.257 e. The van der Waals surface area contributed by atoms with Crippen molar-refractivity contribution in [2.24, 2.45) is 0 Å². The van der Waals surface area contributed by atoms with Crippen molar-refractivity contribution < 1.29 is 4.79 Å². The summed E-state index contributed by atoms with van der Waals surface area (Å²) in [6.45, 7) is 3.78. The number of hydrogen-bond donors (Lipinski definition) is 0. The standard InChI is InChI=1S/C17H21N5O/c23-17(21-12-11-20-9-2-1-5-14(20)13-21)15-6-3-7-18-16(15)22-10-4-8-19-22/h3-4,6-8,10,14H,1-2,5,9,11-13H2/t14-/m0/s1. The fourth-order valence-electron chi connectivity index (χ4n) is 3.65. The lowest BCUT2D eigenvalue weighted by molar-refractivity contribution is 0.0372. The van der Waals surface area contributed by atoms with E-state index >= 15 is 0 Å². The summed E-state index contributed by atoms with van der Waals surface area (Å²) in [5, 5.41) is 4.22. The molecule has 0 bridgehead atoms. The number of fused-ring (bicyclic) bond motifs is 1. The fraction of sp³-hybridized carbons (Fsp3) is 0.471. The second-order valence-electron chi connectivity index (χ2n) is 6.26. The zero-order valence-electron chi connectivity index (χ0n) is 13.1. The van der Waals surface area contributed by atoms with Crippen LogP contribution < -0.4 is 0 Å². The molecule has 120 valence electrons. The molecule has 0 spiro atoms. The second-order valence-corrected chi connectivity index (χ2v) is 6.26. The number of carbonyl (C=O) groups is 1. The van der Waals surface area contributed by atoms with Crippen LogP contribution in [0.4, 0.5) is 0 Å². The summed E-state index contributed by atoms with van der Waals surface area (Å²) in [5.41, 5.74) is 0.625. The Morgan fingerprint density at radius 1 is 1.13 bits per heavy atom. The van der Waals surface area contributed by atoms with Crippen LogP contribution in [-0.2, 0) is 0 Å². The van der Waals surface area contributed by atoms with Gasteiger partial charge in [0.05, 0.1) is 5.56 Å². The van der Waals surface area contributed by atoms with E-state index in [4.69, 9.17) is 0 Å². The first-order chi connectivity index (χ1) is 11.3. The van der Waals surface area contributed by atoms with Gasteiger partial charge in [-0.15, -0.1) is 0 Å².